The van der Waals surface area contributed by atoms with Crippen LogP contribution in [0.1, 0.15) is 181 Å². The highest BCUT2D eigenvalue weighted by molar-refractivity contribution is 5.23. The summed E-state index contributed by atoms with van der Waals surface area (Å²) in [7, 11) is 0. The topological polar surface area (TPSA) is 24.1 Å². The third-order valence-corrected chi connectivity index (χ3v) is 16.4. The zero-order valence-electron chi connectivity index (χ0n) is 33.0. The molecule has 1 saturated heterocycles. The summed E-state index contributed by atoms with van der Waals surface area (Å²) < 4.78 is 0. The first-order valence-corrected chi connectivity index (χ1v) is 23.2. The normalized spacial score (nSPS) is 38.0. The van der Waals surface area contributed by atoms with Crippen LogP contribution in [-0.4, -0.2) is 25.2 Å². The number of hydrogen-bond acceptors (Lipinski definition) is 2. The first-order valence-electron chi connectivity index (χ1n) is 23.2. The summed E-state index contributed by atoms with van der Waals surface area (Å²) in [4.78, 5) is 0. The van der Waals surface area contributed by atoms with E-state index in [1.165, 1.54) is 167 Å². The van der Waals surface area contributed by atoms with Crippen molar-refractivity contribution >= 4 is 0 Å². The van der Waals surface area contributed by atoms with Crippen LogP contribution in [-0.2, 0) is 0 Å². The summed E-state index contributed by atoms with van der Waals surface area (Å²) in [5.74, 6) is 9.42. The van der Waals surface area contributed by atoms with E-state index < -0.39 is 0 Å². The molecule has 4 fully saturated rings. The lowest BCUT2D eigenvalue weighted by Gasteiger charge is -2.50. The van der Waals surface area contributed by atoms with Gasteiger partial charge in [-0.1, -0.05) is 81.4 Å². The van der Waals surface area contributed by atoms with Crippen molar-refractivity contribution in [3.05, 3.63) is 35.5 Å². The van der Waals surface area contributed by atoms with Crippen LogP contribution in [0.2, 0.25) is 0 Å². The van der Waals surface area contributed by atoms with Crippen LogP contribution < -0.4 is 10.6 Å². The van der Waals surface area contributed by atoms with Crippen molar-refractivity contribution in [1.29, 1.82) is 0 Å². The van der Waals surface area contributed by atoms with Crippen molar-refractivity contribution in [2.45, 2.75) is 193 Å². The van der Waals surface area contributed by atoms with Crippen LogP contribution in [0.5, 0.6) is 0 Å². The molecule has 0 aromatic carbocycles. The zero-order valence-corrected chi connectivity index (χ0v) is 33.0. The molecule has 7 aliphatic rings. The van der Waals surface area contributed by atoms with Crippen molar-refractivity contribution < 1.29 is 0 Å². The Hall–Kier alpha value is -0.860. The Bertz CT molecular complexity index is 1110. The van der Waals surface area contributed by atoms with Crippen molar-refractivity contribution in [2.24, 2.45) is 59.2 Å². The molecular formula is C48H80N2. The molecule has 0 aromatic heterocycles. The highest BCUT2D eigenvalue weighted by Gasteiger charge is 2.44. The van der Waals surface area contributed by atoms with Crippen LogP contribution in [0.3, 0.4) is 0 Å². The SMILES string of the molecule is CCCC(C/C=C\CC1CCCN1)C1CCC(C(C)CCC(CNC2CCC3CCC=CC3C2)C2CCCC3=C2CCCC3)C2CCCCC12. The molecular weight excluding hydrogens is 605 g/mol. The lowest BCUT2D eigenvalue weighted by molar-refractivity contribution is -0.00463. The Balaban J connectivity index is 0.983. The molecule has 0 amide bonds. The predicted octanol–water partition coefficient (Wildman–Crippen LogP) is 12.8. The molecule has 2 N–H and O–H groups in total. The highest BCUT2D eigenvalue weighted by atomic mass is 14.9. The van der Waals surface area contributed by atoms with Crippen LogP contribution in [0.15, 0.2) is 35.5 Å². The van der Waals surface area contributed by atoms with E-state index in [1.807, 2.05) is 11.1 Å². The average Bonchev–Trinajstić information content (AvgIpc) is 3.69. The van der Waals surface area contributed by atoms with Gasteiger partial charge in [-0.15, -0.1) is 0 Å². The van der Waals surface area contributed by atoms with Gasteiger partial charge in [0.05, 0.1) is 0 Å². The molecule has 7 rings (SSSR count). The fraction of sp³-hybridized carbons (Fsp3) is 0.875. The maximum Gasteiger partial charge on any atom is 0.0102 e. The average molecular weight is 685 g/mol. The molecule has 50 heavy (non-hydrogen) atoms. The summed E-state index contributed by atoms with van der Waals surface area (Å²) in [6.45, 7) is 7.71. The van der Waals surface area contributed by atoms with Crippen molar-refractivity contribution in [3.8, 4) is 0 Å². The lowest BCUT2D eigenvalue weighted by Crippen LogP contribution is -2.43. The van der Waals surface area contributed by atoms with Gasteiger partial charge < -0.3 is 10.6 Å². The summed E-state index contributed by atoms with van der Waals surface area (Å²) in [5, 5.41) is 8.00. The molecule has 3 saturated carbocycles. The monoisotopic (exact) mass is 685 g/mol. The molecule has 12 unspecified atom stereocenters. The Kier molecular flexibility index (Phi) is 14.2. The van der Waals surface area contributed by atoms with Crippen molar-refractivity contribution in [3.63, 3.8) is 0 Å². The van der Waals surface area contributed by atoms with Gasteiger partial charge in [0.25, 0.3) is 0 Å². The Labute approximate surface area is 310 Å². The Morgan fingerprint density at radius 2 is 1.62 bits per heavy atom. The van der Waals surface area contributed by atoms with E-state index in [1.54, 1.807) is 12.8 Å². The largest absolute Gasteiger partial charge is 0.314 e. The van der Waals surface area contributed by atoms with Gasteiger partial charge in [-0.3, -0.25) is 0 Å². The summed E-state index contributed by atoms with van der Waals surface area (Å²) >= 11 is 0. The van der Waals surface area contributed by atoms with Gasteiger partial charge >= 0.3 is 0 Å². The zero-order chi connectivity index (χ0) is 34.1. The Morgan fingerprint density at radius 1 is 0.780 bits per heavy atom. The van der Waals surface area contributed by atoms with E-state index in [-0.39, 0.29) is 0 Å². The number of hydrogen-bond donors (Lipinski definition) is 2. The number of fused-ring (bicyclic) bond motifs is 2. The van der Waals surface area contributed by atoms with Gasteiger partial charge in [-0.25, -0.2) is 0 Å². The van der Waals surface area contributed by atoms with E-state index in [0.717, 1.165) is 71.3 Å². The highest BCUT2D eigenvalue weighted by Crippen LogP contribution is 2.53. The van der Waals surface area contributed by atoms with Crippen molar-refractivity contribution in [1.82, 2.24) is 10.6 Å². The minimum Gasteiger partial charge on any atom is -0.314 e. The number of nitrogens with one attached hydrogen (secondary N) is 2. The molecule has 0 radical (unpaired) electrons. The van der Waals surface area contributed by atoms with E-state index in [2.05, 4.69) is 48.8 Å². The van der Waals surface area contributed by atoms with Crippen LogP contribution >= 0.6 is 0 Å². The molecule has 0 spiro atoms. The number of allylic oxidation sites excluding steroid dienone is 5. The van der Waals surface area contributed by atoms with E-state index >= 15 is 0 Å². The van der Waals surface area contributed by atoms with Gasteiger partial charge in [0.1, 0.15) is 0 Å². The molecule has 1 aliphatic heterocycles. The maximum absolute atomic E-state index is 4.30. The molecule has 282 valence electrons. The molecule has 0 aromatic rings. The molecule has 2 heteroatoms. The second kappa shape index (κ2) is 18.9. The molecule has 12 atom stereocenters. The minimum atomic E-state index is 0.749. The van der Waals surface area contributed by atoms with Gasteiger partial charge in [0.2, 0.25) is 0 Å². The van der Waals surface area contributed by atoms with Crippen LogP contribution in [0, 0.1) is 59.2 Å². The fourth-order valence-electron chi connectivity index (χ4n) is 13.8. The quantitative estimate of drug-likeness (QED) is 0.168. The molecule has 2 nitrogen and oxygen atoms in total. The van der Waals surface area contributed by atoms with Crippen molar-refractivity contribution in [2.75, 3.05) is 13.1 Å². The fourth-order valence-corrected chi connectivity index (χ4v) is 13.8. The third-order valence-electron chi connectivity index (χ3n) is 16.4. The first kappa shape index (κ1) is 37.5. The summed E-state index contributed by atoms with van der Waals surface area (Å²) in [5.41, 5.74) is 3.90. The minimum absolute atomic E-state index is 0.749. The first-order chi connectivity index (χ1) is 24.7. The Morgan fingerprint density at radius 3 is 2.48 bits per heavy atom. The van der Waals surface area contributed by atoms with E-state index in [4.69, 9.17) is 0 Å². The standard InChI is InChI=1S/C48H80N2/c1-3-14-37(16-6-8-20-41-21-13-32-49-41)46-31-30-43(47-23-10-11-24-48(46)47)35(2)26-27-40(45-25-12-19-38-17-7-9-22-44(38)45)34-50-42-29-28-36-15-4-5-18-39(36)33-42/h5-6,8,18,35-37,39-43,45-50H,3-4,7,9-17,19-34H2,1-2H3/b8-6-. The lowest BCUT2D eigenvalue weighted by atomic mass is 9.55. The second-order valence-corrected chi connectivity index (χ2v) is 19.3. The van der Waals surface area contributed by atoms with Crippen LogP contribution in [0.25, 0.3) is 0 Å². The van der Waals surface area contributed by atoms with E-state index in [9.17, 15) is 0 Å². The smallest absolute Gasteiger partial charge is 0.0102 e. The van der Waals surface area contributed by atoms with Gasteiger partial charge in [-0.2, -0.15) is 0 Å². The van der Waals surface area contributed by atoms with Crippen LogP contribution in [0.4, 0.5) is 0 Å². The second-order valence-electron chi connectivity index (χ2n) is 19.3. The molecule has 6 aliphatic carbocycles. The number of rotatable bonds is 15. The molecule has 0 bridgehead atoms. The van der Waals surface area contributed by atoms with E-state index in [0.29, 0.717) is 0 Å². The summed E-state index contributed by atoms with van der Waals surface area (Å²) in [6, 6.07) is 1.50. The summed E-state index contributed by atoms with van der Waals surface area (Å²) in [6.07, 6.45) is 47.8. The van der Waals surface area contributed by atoms with Gasteiger partial charge in [0.15, 0.2) is 0 Å². The molecule has 1 heterocycles. The third kappa shape index (κ3) is 9.43. The predicted molar refractivity (Wildman–Crippen MR) is 215 cm³/mol. The van der Waals surface area contributed by atoms with Gasteiger partial charge in [-0.05, 0) is 207 Å². The maximum atomic E-state index is 4.30. The van der Waals surface area contributed by atoms with Gasteiger partial charge in [0, 0.05) is 12.1 Å².